The summed E-state index contributed by atoms with van der Waals surface area (Å²) in [5.74, 6) is 0.671. The predicted octanol–water partition coefficient (Wildman–Crippen LogP) is 4.69. The second-order valence-corrected chi connectivity index (χ2v) is 8.65. The molecular weight excluding hydrogens is 450 g/mol. The van der Waals surface area contributed by atoms with Crippen molar-refractivity contribution < 1.29 is 4.79 Å². The van der Waals surface area contributed by atoms with Crippen molar-refractivity contribution in [1.29, 1.82) is 0 Å². The third kappa shape index (κ3) is 5.25. The van der Waals surface area contributed by atoms with Crippen LogP contribution in [0, 0.1) is 0 Å². The van der Waals surface area contributed by atoms with Gasteiger partial charge in [-0.25, -0.2) is 5.10 Å². The van der Waals surface area contributed by atoms with Crippen molar-refractivity contribution in [2.45, 2.75) is 19.3 Å². The van der Waals surface area contributed by atoms with E-state index in [-0.39, 0.29) is 11.5 Å². The van der Waals surface area contributed by atoms with Crippen molar-refractivity contribution >= 4 is 33.4 Å². The van der Waals surface area contributed by atoms with Gasteiger partial charge in [-0.15, -0.1) is 0 Å². The van der Waals surface area contributed by atoms with Crippen LogP contribution in [0.4, 0.5) is 5.82 Å². The fourth-order valence-electron chi connectivity index (χ4n) is 4.31. The minimum absolute atomic E-state index is 0.0324. The van der Waals surface area contributed by atoms with E-state index in [0.29, 0.717) is 37.1 Å². The Kier molecular flexibility index (Phi) is 6.98. The molecule has 0 bridgehead atoms. The van der Waals surface area contributed by atoms with E-state index in [1.807, 2.05) is 36.5 Å². The van der Waals surface area contributed by atoms with Crippen LogP contribution < -0.4 is 16.2 Å². The summed E-state index contributed by atoms with van der Waals surface area (Å²) in [6.07, 6.45) is 3.69. The van der Waals surface area contributed by atoms with Crippen LogP contribution in [-0.4, -0.2) is 34.2 Å². The molecule has 0 aliphatic carbocycles. The van der Waals surface area contributed by atoms with Crippen LogP contribution in [0.3, 0.4) is 0 Å². The van der Waals surface area contributed by atoms with Crippen LogP contribution in [-0.2, 0) is 11.2 Å². The van der Waals surface area contributed by atoms with Crippen molar-refractivity contribution in [3.05, 3.63) is 101 Å². The van der Waals surface area contributed by atoms with Crippen LogP contribution in [0.2, 0.25) is 0 Å². The number of rotatable bonds is 9. The number of aromatic nitrogens is 3. The molecule has 0 fully saturated rings. The molecule has 2 aromatic heterocycles. The Hall–Kier alpha value is -4.52. The molecule has 0 aliphatic rings. The number of benzene rings is 3. The largest absolute Gasteiger partial charge is 0.368 e. The van der Waals surface area contributed by atoms with Gasteiger partial charge in [0, 0.05) is 42.0 Å². The third-order valence-electron chi connectivity index (χ3n) is 6.20. The standard InChI is InChI=1S/C29H27N5O2/c35-26(30-18-5-19-32-28-24-8-1-2-9-25(24)29(36)34-33-28)16-13-20-11-14-21(15-12-20)23-10-3-6-22-7-4-17-31-27(22)23/h1-4,6-12,14-15,17H,5,13,16,18-19H2,(H,30,35)(H,32,33)(H,34,36). The Bertz CT molecular complexity index is 1550. The molecule has 1 amide bonds. The lowest BCUT2D eigenvalue weighted by Gasteiger charge is -2.09. The van der Waals surface area contributed by atoms with E-state index in [9.17, 15) is 9.59 Å². The zero-order chi connectivity index (χ0) is 24.7. The first kappa shape index (κ1) is 23.2. The van der Waals surface area contributed by atoms with Gasteiger partial charge in [0.05, 0.1) is 10.9 Å². The molecule has 7 heteroatoms. The maximum atomic E-state index is 12.3. The Balaban J connectivity index is 1.07. The van der Waals surface area contributed by atoms with Gasteiger partial charge < -0.3 is 10.6 Å². The van der Waals surface area contributed by atoms with E-state index in [4.69, 9.17) is 0 Å². The van der Waals surface area contributed by atoms with Crippen LogP contribution >= 0.6 is 0 Å². The van der Waals surface area contributed by atoms with Crippen molar-refractivity contribution in [3.63, 3.8) is 0 Å². The fraction of sp³-hybridized carbons (Fsp3) is 0.172. The number of fused-ring (bicyclic) bond motifs is 2. The van der Waals surface area contributed by atoms with Gasteiger partial charge in [-0.2, -0.15) is 5.10 Å². The number of nitrogens with one attached hydrogen (secondary N) is 3. The van der Waals surface area contributed by atoms with Gasteiger partial charge in [-0.05, 0) is 36.1 Å². The first-order valence-corrected chi connectivity index (χ1v) is 12.1. The summed E-state index contributed by atoms with van der Waals surface area (Å²) in [5, 5.41) is 15.3. The number of hydrogen-bond acceptors (Lipinski definition) is 5. The van der Waals surface area contributed by atoms with Crippen molar-refractivity contribution in [2.24, 2.45) is 0 Å². The molecule has 5 aromatic rings. The molecule has 0 saturated carbocycles. The average molecular weight is 478 g/mol. The van der Waals surface area contributed by atoms with Gasteiger partial charge in [-0.1, -0.05) is 66.7 Å². The quantitative estimate of drug-likeness (QED) is 0.268. The number of carbonyl (C=O) groups is 1. The molecule has 0 unspecified atom stereocenters. The number of nitrogens with zero attached hydrogens (tertiary/aromatic N) is 2. The molecule has 0 saturated heterocycles. The molecule has 3 aromatic carbocycles. The molecule has 7 nitrogen and oxygen atoms in total. The summed E-state index contributed by atoms with van der Waals surface area (Å²) in [6, 6.07) is 25.9. The fourth-order valence-corrected chi connectivity index (χ4v) is 4.31. The summed E-state index contributed by atoms with van der Waals surface area (Å²) >= 11 is 0. The van der Waals surface area contributed by atoms with E-state index in [0.717, 1.165) is 39.4 Å². The second kappa shape index (κ2) is 10.8. The average Bonchev–Trinajstić information content (AvgIpc) is 2.93. The topological polar surface area (TPSA) is 99.8 Å². The van der Waals surface area contributed by atoms with E-state index >= 15 is 0 Å². The minimum Gasteiger partial charge on any atom is -0.368 e. The highest BCUT2D eigenvalue weighted by molar-refractivity contribution is 5.93. The smallest absolute Gasteiger partial charge is 0.272 e. The molecule has 0 atom stereocenters. The van der Waals surface area contributed by atoms with E-state index in [1.165, 1.54) is 0 Å². The van der Waals surface area contributed by atoms with Crippen LogP contribution in [0.15, 0.2) is 89.9 Å². The summed E-state index contributed by atoms with van der Waals surface area (Å²) in [6.45, 7) is 1.20. The third-order valence-corrected chi connectivity index (χ3v) is 6.20. The van der Waals surface area contributed by atoms with E-state index < -0.39 is 0 Å². The zero-order valence-corrected chi connectivity index (χ0v) is 19.8. The Morgan fingerprint density at radius 1 is 0.861 bits per heavy atom. The molecule has 0 aliphatic heterocycles. The van der Waals surface area contributed by atoms with E-state index in [2.05, 4.69) is 68.3 Å². The number of amides is 1. The molecule has 180 valence electrons. The van der Waals surface area contributed by atoms with Crippen LogP contribution in [0.1, 0.15) is 18.4 Å². The normalized spacial score (nSPS) is 11.0. The minimum atomic E-state index is -0.205. The summed E-state index contributed by atoms with van der Waals surface area (Å²) in [7, 11) is 0. The lowest BCUT2D eigenvalue weighted by Crippen LogP contribution is -2.26. The number of anilines is 1. The van der Waals surface area contributed by atoms with Gasteiger partial charge in [0.15, 0.2) is 5.82 Å². The Morgan fingerprint density at radius 3 is 2.53 bits per heavy atom. The Morgan fingerprint density at radius 2 is 1.67 bits per heavy atom. The Labute approximate surface area is 208 Å². The highest BCUT2D eigenvalue weighted by atomic mass is 16.1. The van der Waals surface area contributed by atoms with E-state index in [1.54, 1.807) is 6.07 Å². The maximum absolute atomic E-state index is 12.3. The zero-order valence-electron chi connectivity index (χ0n) is 19.8. The van der Waals surface area contributed by atoms with Crippen LogP contribution in [0.25, 0.3) is 32.8 Å². The van der Waals surface area contributed by atoms with Gasteiger partial charge in [0.25, 0.3) is 5.56 Å². The van der Waals surface area contributed by atoms with Gasteiger partial charge >= 0.3 is 0 Å². The van der Waals surface area contributed by atoms with Crippen molar-refractivity contribution in [2.75, 3.05) is 18.4 Å². The number of carbonyl (C=O) groups excluding carboxylic acids is 1. The molecule has 36 heavy (non-hydrogen) atoms. The maximum Gasteiger partial charge on any atom is 0.272 e. The summed E-state index contributed by atoms with van der Waals surface area (Å²) < 4.78 is 0. The lowest BCUT2D eigenvalue weighted by molar-refractivity contribution is -0.121. The molecule has 0 spiro atoms. The number of para-hydroxylation sites is 1. The van der Waals surface area contributed by atoms with Gasteiger partial charge in [0.1, 0.15) is 0 Å². The molecule has 5 rings (SSSR count). The molecule has 0 radical (unpaired) electrons. The lowest BCUT2D eigenvalue weighted by atomic mass is 9.99. The van der Waals surface area contributed by atoms with Crippen molar-refractivity contribution in [3.8, 4) is 11.1 Å². The monoisotopic (exact) mass is 477 g/mol. The highest BCUT2D eigenvalue weighted by Crippen LogP contribution is 2.27. The highest BCUT2D eigenvalue weighted by Gasteiger charge is 2.07. The first-order valence-electron chi connectivity index (χ1n) is 12.1. The van der Waals surface area contributed by atoms with Crippen molar-refractivity contribution in [1.82, 2.24) is 20.5 Å². The summed E-state index contributed by atoms with van der Waals surface area (Å²) in [4.78, 5) is 28.7. The molecule has 2 heterocycles. The number of aromatic amines is 1. The summed E-state index contributed by atoms with van der Waals surface area (Å²) in [5.41, 5.74) is 4.13. The molecule has 3 N–H and O–H groups in total. The predicted molar refractivity (Wildman–Crippen MR) is 144 cm³/mol. The SMILES string of the molecule is O=C(CCc1ccc(-c2cccc3cccnc23)cc1)NCCCNc1n[nH]c(=O)c2ccccc12. The van der Waals surface area contributed by atoms with Gasteiger partial charge in [-0.3, -0.25) is 14.6 Å². The number of hydrogen-bond donors (Lipinski definition) is 3. The van der Waals surface area contributed by atoms with Gasteiger partial charge in [0.2, 0.25) is 5.91 Å². The number of H-pyrrole nitrogens is 1. The number of aryl methyl sites for hydroxylation is 1. The first-order chi connectivity index (χ1) is 17.7. The molecular formula is C29H27N5O2. The van der Waals surface area contributed by atoms with Crippen LogP contribution in [0.5, 0.6) is 0 Å². The second-order valence-electron chi connectivity index (χ2n) is 8.65. The number of pyridine rings is 1.